The Morgan fingerprint density at radius 1 is 1.16 bits per heavy atom. The van der Waals surface area contributed by atoms with Gasteiger partial charge in [-0.15, -0.1) is 0 Å². The van der Waals surface area contributed by atoms with Gasteiger partial charge in [-0.2, -0.15) is 8.78 Å². The molecule has 0 saturated carbocycles. The van der Waals surface area contributed by atoms with Gasteiger partial charge in [-0.25, -0.2) is 15.0 Å². The third kappa shape index (κ3) is 5.09. The van der Waals surface area contributed by atoms with E-state index in [-0.39, 0.29) is 17.6 Å². The topological polar surface area (TPSA) is 92.9 Å². The fraction of sp³-hybridized carbons (Fsp3) is 0.333. The van der Waals surface area contributed by atoms with E-state index in [2.05, 4.69) is 15.0 Å². The summed E-state index contributed by atoms with van der Waals surface area (Å²) >= 11 is 0. The smallest absolute Gasteiger partial charge is 0.387 e. The van der Waals surface area contributed by atoms with Crippen molar-refractivity contribution in [3.05, 3.63) is 71.9 Å². The van der Waals surface area contributed by atoms with Crippen molar-refractivity contribution in [3.63, 3.8) is 0 Å². The summed E-state index contributed by atoms with van der Waals surface area (Å²) in [7, 11) is 0. The highest BCUT2D eigenvalue weighted by Crippen LogP contribution is 2.29. The van der Waals surface area contributed by atoms with E-state index in [1.807, 2.05) is 41.5 Å². The number of nitrogens with zero attached hydrogens (tertiary/aromatic N) is 5. The molecule has 1 fully saturated rings. The van der Waals surface area contributed by atoms with Crippen LogP contribution in [0.5, 0.6) is 5.75 Å². The number of anilines is 1. The number of aryl methyl sites for hydroxylation is 1. The molecule has 4 aromatic rings. The molecular weight excluding hydrogens is 480 g/mol. The van der Waals surface area contributed by atoms with Crippen LogP contribution in [0.25, 0.3) is 16.8 Å². The Bertz CT molecular complexity index is 1420. The standard InChI is InChI=1S/C27H27F2N5O3/c1-16-14-33(10-9-21(16)25(35)36)27-30-12-20(13-31-27)19-7-8-24-32-17(2)22(34(24)15-19)11-18-5-3-4-6-23(18)37-26(28)29/h3-8,12-13,15-16,21,26H,9-11,14H2,1-2H3,(H,35,36). The van der Waals surface area contributed by atoms with Crippen molar-refractivity contribution in [3.8, 4) is 16.9 Å². The zero-order valence-corrected chi connectivity index (χ0v) is 20.5. The molecule has 192 valence electrons. The first-order valence-corrected chi connectivity index (χ1v) is 12.1. The molecule has 2 unspecified atom stereocenters. The molecule has 0 bridgehead atoms. The number of carbonyl (C=O) groups is 1. The van der Waals surface area contributed by atoms with Crippen LogP contribution in [0.2, 0.25) is 0 Å². The van der Waals surface area contributed by atoms with Gasteiger partial charge in [-0.1, -0.05) is 25.1 Å². The van der Waals surface area contributed by atoms with E-state index >= 15 is 0 Å². The highest BCUT2D eigenvalue weighted by atomic mass is 19.3. The minimum Gasteiger partial charge on any atom is -0.481 e. The number of benzene rings is 1. The van der Waals surface area contributed by atoms with E-state index in [0.29, 0.717) is 37.4 Å². The average molecular weight is 508 g/mol. The molecular formula is C27H27F2N5O3. The number of hydrogen-bond acceptors (Lipinski definition) is 6. The Labute approximate surface area is 212 Å². The Balaban J connectivity index is 1.40. The lowest BCUT2D eigenvalue weighted by Crippen LogP contribution is -2.42. The quantitative estimate of drug-likeness (QED) is 0.383. The summed E-state index contributed by atoms with van der Waals surface area (Å²) in [5.41, 5.74) is 4.76. The molecule has 8 nitrogen and oxygen atoms in total. The molecule has 1 saturated heterocycles. The summed E-state index contributed by atoms with van der Waals surface area (Å²) < 4.78 is 32.4. The highest BCUT2D eigenvalue weighted by Gasteiger charge is 2.32. The van der Waals surface area contributed by atoms with Crippen molar-refractivity contribution in [1.29, 1.82) is 0 Å². The van der Waals surface area contributed by atoms with Gasteiger partial charge < -0.3 is 19.1 Å². The minimum absolute atomic E-state index is 0.0102. The molecule has 4 heterocycles. The maximum Gasteiger partial charge on any atom is 0.387 e. The molecule has 0 radical (unpaired) electrons. The van der Waals surface area contributed by atoms with Crippen molar-refractivity contribution in [2.75, 3.05) is 18.0 Å². The van der Waals surface area contributed by atoms with Gasteiger partial charge in [0.2, 0.25) is 5.95 Å². The predicted octanol–water partition coefficient (Wildman–Crippen LogP) is 4.84. The Hall–Kier alpha value is -4.08. The number of para-hydroxylation sites is 1. The number of carboxylic acids is 1. The van der Waals surface area contributed by atoms with Crippen LogP contribution >= 0.6 is 0 Å². The first kappa shape index (κ1) is 24.6. The van der Waals surface area contributed by atoms with Crippen molar-refractivity contribution in [2.45, 2.75) is 33.3 Å². The first-order valence-electron chi connectivity index (χ1n) is 12.1. The van der Waals surface area contributed by atoms with Crippen LogP contribution in [0.3, 0.4) is 0 Å². The molecule has 0 aliphatic carbocycles. The third-order valence-electron chi connectivity index (χ3n) is 6.94. The molecule has 1 aromatic carbocycles. The molecule has 1 aliphatic rings. The summed E-state index contributed by atoms with van der Waals surface area (Å²) in [6.45, 7) is 2.13. The second-order valence-electron chi connectivity index (χ2n) is 9.38. The summed E-state index contributed by atoms with van der Waals surface area (Å²) in [6.07, 6.45) is 6.39. The van der Waals surface area contributed by atoms with E-state index in [9.17, 15) is 18.7 Å². The number of hydrogen-bond donors (Lipinski definition) is 1. The summed E-state index contributed by atoms with van der Waals surface area (Å²) in [4.78, 5) is 27.2. The van der Waals surface area contributed by atoms with E-state index in [0.717, 1.165) is 28.2 Å². The van der Waals surface area contributed by atoms with Gasteiger partial charge in [0.25, 0.3) is 0 Å². The number of rotatable bonds is 7. The van der Waals surface area contributed by atoms with Crippen LogP contribution in [-0.2, 0) is 11.2 Å². The summed E-state index contributed by atoms with van der Waals surface area (Å²) in [6, 6.07) is 10.6. The second-order valence-corrected chi connectivity index (χ2v) is 9.38. The lowest BCUT2D eigenvalue weighted by Gasteiger charge is -2.34. The zero-order chi connectivity index (χ0) is 26.1. The van der Waals surface area contributed by atoms with Crippen molar-refractivity contribution >= 4 is 17.6 Å². The Morgan fingerprint density at radius 2 is 1.92 bits per heavy atom. The predicted molar refractivity (Wildman–Crippen MR) is 134 cm³/mol. The number of imidazole rings is 1. The van der Waals surface area contributed by atoms with Crippen molar-refractivity contribution in [1.82, 2.24) is 19.4 Å². The third-order valence-corrected chi connectivity index (χ3v) is 6.94. The molecule has 0 amide bonds. The summed E-state index contributed by atoms with van der Waals surface area (Å²) in [5.74, 6) is -0.359. The van der Waals surface area contributed by atoms with Crippen LogP contribution in [0, 0.1) is 18.8 Å². The van der Waals surface area contributed by atoms with Gasteiger partial charge in [-0.3, -0.25) is 4.79 Å². The first-order chi connectivity index (χ1) is 17.8. The molecule has 2 atom stereocenters. The lowest BCUT2D eigenvalue weighted by atomic mass is 9.87. The number of pyridine rings is 1. The van der Waals surface area contributed by atoms with Crippen molar-refractivity contribution in [2.24, 2.45) is 11.8 Å². The number of fused-ring (bicyclic) bond motifs is 1. The van der Waals surface area contributed by atoms with Crippen LogP contribution in [0.15, 0.2) is 55.0 Å². The molecule has 0 spiro atoms. The van der Waals surface area contributed by atoms with Crippen LogP contribution < -0.4 is 9.64 Å². The van der Waals surface area contributed by atoms with E-state index < -0.39 is 12.6 Å². The van der Waals surface area contributed by atoms with E-state index in [1.54, 1.807) is 30.6 Å². The second kappa shape index (κ2) is 10.1. The van der Waals surface area contributed by atoms with Gasteiger partial charge in [0.05, 0.1) is 11.6 Å². The normalized spacial score (nSPS) is 17.9. The maximum absolute atomic E-state index is 12.9. The number of ether oxygens (including phenoxy) is 1. The molecule has 1 aliphatic heterocycles. The molecule has 3 aromatic heterocycles. The lowest BCUT2D eigenvalue weighted by molar-refractivity contribution is -0.144. The Kier molecular flexibility index (Phi) is 6.73. The van der Waals surface area contributed by atoms with Gasteiger partial charge in [0.1, 0.15) is 11.4 Å². The monoisotopic (exact) mass is 507 g/mol. The van der Waals surface area contributed by atoms with Crippen LogP contribution in [0.4, 0.5) is 14.7 Å². The SMILES string of the molecule is Cc1nc2ccc(-c3cnc(N4CCC(C(=O)O)C(C)C4)nc3)cn2c1Cc1ccccc1OC(F)F. The van der Waals surface area contributed by atoms with E-state index in [1.165, 1.54) is 6.07 Å². The molecule has 37 heavy (non-hydrogen) atoms. The van der Waals surface area contributed by atoms with Gasteiger partial charge in [-0.05, 0) is 37.5 Å². The van der Waals surface area contributed by atoms with E-state index in [4.69, 9.17) is 4.74 Å². The molecule has 10 heteroatoms. The van der Waals surface area contributed by atoms with Gasteiger partial charge >= 0.3 is 12.6 Å². The fourth-order valence-corrected chi connectivity index (χ4v) is 4.96. The number of halogens is 2. The largest absolute Gasteiger partial charge is 0.481 e. The minimum atomic E-state index is -2.90. The van der Waals surface area contributed by atoms with Crippen LogP contribution in [0.1, 0.15) is 30.3 Å². The van der Waals surface area contributed by atoms with Gasteiger partial charge in [0.15, 0.2) is 0 Å². The number of carboxylic acid groups (broad SMARTS) is 1. The summed E-state index contributed by atoms with van der Waals surface area (Å²) in [5, 5.41) is 9.36. The van der Waals surface area contributed by atoms with Crippen molar-refractivity contribution < 1.29 is 23.4 Å². The highest BCUT2D eigenvalue weighted by molar-refractivity contribution is 5.71. The number of aromatic nitrogens is 4. The van der Waals surface area contributed by atoms with Crippen LogP contribution in [-0.4, -0.2) is 50.1 Å². The molecule has 1 N–H and O–H groups in total. The zero-order valence-electron chi connectivity index (χ0n) is 20.5. The Morgan fingerprint density at radius 3 is 2.62 bits per heavy atom. The number of aliphatic carboxylic acids is 1. The molecule has 5 rings (SSSR count). The number of alkyl halides is 2. The average Bonchev–Trinajstić information content (AvgIpc) is 3.18. The maximum atomic E-state index is 12.9. The fourth-order valence-electron chi connectivity index (χ4n) is 4.96. The number of piperidine rings is 1. The van der Waals surface area contributed by atoms with Gasteiger partial charge in [0, 0.05) is 60.5 Å².